The lowest BCUT2D eigenvalue weighted by Gasteiger charge is -2.39. The second kappa shape index (κ2) is 6.33. The fourth-order valence-electron chi connectivity index (χ4n) is 2.14. The lowest BCUT2D eigenvalue weighted by atomic mass is 9.91. The molecule has 2 rings (SSSR count). The summed E-state index contributed by atoms with van der Waals surface area (Å²) in [6, 6.07) is 0.549. The number of aliphatic hydroxyl groups is 1. The van der Waals surface area contributed by atoms with Crippen molar-refractivity contribution < 1.29 is 5.11 Å². The van der Waals surface area contributed by atoms with Crippen molar-refractivity contribution >= 4 is 27.6 Å². The fraction of sp³-hybridized carbons (Fsp3) is 0.667. The van der Waals surface area contributed by atoms with E-state index in [0.717, 1.165) is 29.1 Å². The normalized spacial score (nSPS) is 15.3. The van der Waals surface area contributed by atoms with Gasteiger partial charge in [0.25, 0.3) is 0 Å². The number of aromatic nitrogens is 2. The molecular weight excluding hydrogens is 296 g/mol. The maximum atomic E-state index is 9.02. The van der Waals surface area contributed by atoms with Crippen molar-refractivity contribution in [2.75, 3.05) is 30.4 Å². The van der Waals surface area contributed by atoms with Gasteiger partial charge in [-0.3, -0.25) is 0 Å². The Morgan fingerprint density at radius 3 is 2.83 bits per heavy atom. The summed E-state index contributed by atoms with van der Waals surface area (Å²) >= 11 is 3.56. The van der Waals surface area contributed by atoms with Gasteiger partial charge in [0.05, 0.1) is 0 Å². The molecule has 1 fully saturated rings. The molecule has 1 aliphatic rings. The molecule has 0 radical (unpaired) electrons. The molecule has 0 unspecified atom stereocenters. The van der Waals surface area contributed by atoms with E-state index >= 15 is 0 Å². The third-order valence-electron chi connectivity index (χ3n) is 3.35. The summed E-state index contributed by atoms with van der Waals surface area (Å²) in [4.78, 5) is 10.9. The highest BCUT2D eigenvalue weighted by Crippen LogP contribution is 2.35. The van der Waals surface area contributed by atoms with Crippen LogP contribution in [0.5, 0.6) is 0 Å². The maximum Gasteiger partial charge on any atom is 0.148 e. The van der Waals surface area contributed by atoms with Gasteiger partial charge in [0.1, 0.15) is 22.4 Å². The van der Waals surface area contributed by atoms with E-state index in [2.05, 4.69) is 36.1 Å². The zero-order valence-corrected chi connectivity index (χ0v) is 12.2. The van der Waals surface area contributed by atoms with Gasteiger partial charge in [0.15, 0.2) is 0 Å². The van der Waals surface area contributed by atoms with Crippen molar-refractivity contribution in [2.24, 2.45) is 0 Å². The summed E-state index contributed by atoms with van der Waals surface area (Å²) in [6.07, 6.45) is 6.04. The summed E-state index contributed by atoms with van der Waals surface area (Å²) in [5.74, 6) is 1.72. The van der Waals surface area contributed by atoms with Crippen molar-refractivity contribution in [2.45, 2.75) is 31.7 Å². The highest BCUT2D eigenvalue weighted by molar-refractivity contribution is 9.10. The van der Waals surface area contributed by atoms with Crippen LogP contribution < -0.4 is 10.2 Å². The van der Waals surface area contributed by atoms with Crippen molar-refractivity contribution in [3.8, 4) is 0 Å². The monoisotopic (exact) mass is 314 g/mol. The number of nitrogens with one attached hydrogen (secondary N) is 1. The van der Waals surface area contributed by atoms with Gasteiger partial charge in [-0.2, -0.15) is 0 Å². The van der Waals surface area contributed by atoms with Gasteiger partial charge in [-0.1, -0.05) is 0 Å². The molecule has 0 amide bonds. The maximum absolute atomic E-state index is 9.02. The predicted octanol–water partition coefficient (Wildman–Crippen LogP) is 2.02. The highest BCUT2D eigenvalue weighted by atomic mass is 79.9. The standard InChI is InChI=1S/C12H19BrN4O/c1-14-11-10(13)12(16-8-15-11)17(6-3-7-18)9-4-2-5-9/h8-9,18H,2-7H2,1H3,(H,14,15,16). The molecule has 1 aromatic heterocycles. The Kier molecular flexibility index (Phi) is 4.77. The SMILES string of the molecule is CNc1ncnc(N(CCCO)C2CCC2)c1Br. The Morgan fingerprint density at radius 2 is 2.28 bits per heavy atom. The van der Waals surface area contributed by atoms with E-state index in [1.54, 1.807) is 6.33 Å². The zero-order valence-electron chi connectivity index (χ0n) is 10.6. The number of aliphatic hydroxyl groups excluding tert-OH is 1. The summed E-state index contributed by atoms with van der Waals surface area (Å²) in [5, 5.41) is 12.1. The molecule has 1 heterocycles. The number of nitrogens with zero attached hydrogens (tertiary/aromatic N) is 3. The number of anilines is 2. The number of hydrogen-bond donors (Lipinski definition) is 2. The van der Waals surface area contributed by atoms with Crippen LogP contribution in [0, 0.1) is 0 Å². The molecule has 0 aromatic carbocycles. The minimum absolute atomic E-state index is 0.213. The molecule has 0 atom stereocenters. The van der Waals surface area contributed by atoms with Gasteiger partial charge in [0, 0.05) is 26.2 Å². The van der Waals surface area contributed by atoms with Crippen LogP contribution in [0.2, 0.25) is 0 Å². The molecule has 2 N–H and O–H groups in total. The Labute approximate surface area is 116 Å². The quantitative estimate of drug-likeness (QED) is 0.841. The minimum Gasteiger partial charge on any atom is -0.396 e. The average molecular weight is 315 g/mol. The van der Waals surface area contributed by atoms with Crippen molar-refractivity contribution in [3.63, 3.8) is 0 Å². The van der Waals surface area contributed by atoms with Crippen LogP contribution in [0.25, 0.3) is 0 Å². The second-order valence-electron chi connectivity index (χ2n) is 4.47. The van der Waals surface area contributed by atoms with Crippen molar-refractivity contribution in [3.05, 3.63) is 10.8 Å². The van der Waals surface area contributed by atoms with Crippen LogP contribution in [0.15, 0.2) is 10.8 Å². The molecule has 1 aliphatic carbocycles. The third-order valence-corrected chi connectivity index (χ3v) is 4.08. The molecule has 5 nitrogen and oxygen atoms in total. The molecule has 0 spiro atoms. The van der Waals surface area contributed by atoms with Crippen LogP contribution in [-0.4, -0.2) is 41.3 Å². The second-order valence-corrected chi connectivity index (χ2v) is 5.26. The first-order chi connectivity index (χ1) is 8.77. The molecular formula is C12H19BrN4O. The molecule has 0 saturated heterocycles. The minimum atomic E-state index is 0.213. The summed E-state index contributed by atoms with van der Waals surface area (Å²) in [6.45, 7) is 1.05. The largest absolute Gasteiger partial charge is 0.396 e. The van der Waals surface area contributed by atoms with Crippen LogP contribution in [-0.2, 0) is 0 Å². The van der Waals surface area contributed by atoms with Gasteiger partial charge in [-0.15, -0.1) is 0 Å². The van der Waals surface area contributed by atoms with E-state index in [1.807, 2.05) is 7.05 Å². The number of rotatable bonds is 6. The summed E-state index contributed by atoms with van der Waals surface area (Å²) in [7, 11) is 1.85. The highest BCUT2D eigenvalue weighted by Gasteiger charge is 2.27. The Bertz CT molecular complexity index is 398. The van der Waals surface area contributed by atoms with Crippen LogP contribution in [0.4, 0.5) is 11.6 Å². The first kappa shape index (κ1) is 13.5. The van der Waals surface area contributed by atoms with Gasteiger partial charge in [-0.05, 0) is 41.6 Å². The Hall–Kier alpha value is -0.880. The molecule has 0 bridgehead atoms. The van der Waals surface area contributed by atoms with Crippen molar-refractivity contribution in [1.82, 2.24) is 9.97 Å². The Morgan fingerprint density at radius 1 is 1.50 bits per heavy atom. The van der Waals surface area contributed by atoms with E-state index in [-0.39, 0.29) is 6.61 Å². The van der Waals surface area contributed by atoms with Gasteiger partial charge in [-0.25, -0.2) is 9.97 Å². The van der Waals surface area contributed by atoms with Gasteiger partial charge >= 0.3 is 0 Å². The van der Waals surface area contributed by atoms with E-state index in [4.69, 9.17) is 5.11 Å². The zero-order chi connectivity index (χ0) is 13.0. The first-order valence-corrected chi connectivity index (χ1v) is 7.13. The fourth-order valence-corrected chi connectivity index (χ4v) is 2.77. The lowest BCUT2D eigenvalue weighted by molar-refractivity contribution is 0.282. The smallest absolute Gasteiger partial charge is 0.148 e. The first-order valence-electron chi connectivity index (χ1n) is 6.33. The molecule has 18 heavy (non-hydrogen) atoms. The molecule has 1 saturated carbocycles. The molecule has 6 heteroatoms. The van der Waals surface area contributed by atoms with E-state index in [1.165, 1.54) is 19.3 Å². The summed E-state index contributed by atoms with van der Waals surface area (Å²) < 4.78 is 0.900. The Balaban J connectivity index is 2.23. The van der Waals surface area contributed by atoms with Crippen LogP contribution in [0.1, 0.15) is 25.7 Å². The third kappa shape index (κ3) is 2.75. The van der Waals surface area contributed by atoms with Gasteiger partial charge < -0.3 is 15.3 Å². The van der Waals surface area contributed by atoms with Crippen molar-refractivity contribution in [1.29, 1.82) is 0 Å². The number of halogens is 1. The number of hydrogen-bond acceptors (Lipinski definition) is 5. The van der Waals surface area contributed by atoms with E-state index < -0.39 is 0 Å². The van der Waals surface area contributed by atoms with Crippen LogP contribution in [0.3, 0.4) is 0 Å². The molecule has 0 aliphatic heterocycles. The lowest BCUT2D eigenvalue weighted by Crippen LogP contribution is -2.42. The van der Waals surface area contributed by atoms with Gasteiger partial charge in [0.2, 0.25) is 0 Å². The van der Waals surface area contributed by atoms with E-state index in [9.17, 15) is 0 Å². The van der Waals surface area contributed by atoms with Crippen LogP contribution >= 0.6 is 15.9 Å². The molecule has 100 valence electrons. The summed E-state index contributed by atoms with van der Waals surface area (Å²) in [5.41, 5.74) is 0. The topological polar surface area (TPSA) is 61.3 Å². The predicted molar refractivity (Wildman–Crippen MR) is 76.0 cm³/mol. The van der Waals surface area contributed by atoms with E-state index in [0.29, 0.717) is 6.04 Å². The molecule has 1 aromatic rings. The average Bonchev–Trinajstić information content (AvgIpc) is 2.32.